The van der Waals surface area contributed by atoms with Gasteiger partial charge < -0.3 is 10.2 Å². The van der Waals surface area contributed by atoms with Crippen LogP contribution in [0.3, 0.4) is 0 Å². The van der Waals surface area contributed by atoms with E-state index in [1.54, 1.807) is 4.90 Å². The number of anilines is 2. The van der Waals surface area contributed by atoms with Gasteiger partial charge in [0.2, 0.25) is 0 Å². The highest BCUT2D eigenvalue weighted by molar-refractivity contribution is 7.81. The minimum absolute atomic E-state index is 0.178. The summed E-state index contributed by atoms with van der Waals surface area (Å²) in [6.07, 6.45) is -2.35. The van der Waals surface area contributed by atoms with E-state index in [9.17, 15) is 27.2 Å². The summed E-state index contributed by atoms with van der Waals surface area (Å²) >= 11 is 4.50. The van der Waals surface area contributed by atoms with E-state index in [4.69, 9.17) is 5.26 Å². The zero-order chi connectivity index (χ0) is 24.1. The van der Waals surface area contributed by atoms with Crippen LogP contribution >= 0.6 is 12.6 Å². The van der Waals surface area contributed by atoms with Crippen molar-refractivity contribution in [3.63, 3.8) is 0 Å². The van der Waals surface area contributed by atoms with Crippen LogP contribution in [0.5, 0.6) is 0 Å². The van der Waals surface area contributed by atoms with Crippen molar-refractivity contribution in [3.8, 4) is 6.07 Å². The average Bonchev–Trinajstić information content (AvgIpc) is 2.98. The Morgan fingerprint density at radius 1 is 1.30 bits per heavy atom. The Labute approximate surface area is 191 Å². The van der Waals surface area contributed by atoms with E-state index < -0.39 is 46.1 Å². The van der Waals surface area contributed by atoms with Gasteiger partial charge in [0.05, 0.1) is 23.0 Å². The Morgan fingerprint density at radius 2 is 2.00 bits per heavy atom. The van der Waals surface area contributed by atoms with Crippen LogP contribution in [0.15, 0.2) is 30.5 Å². The number of carbonyl (C=O) groups excluding carboxylic acids is 2. The van der Waals surface area contributed by atoms with Crippen LogP contribution in [0.25, 0.3) is 0 Å². The molecule has 0 bridgehead atoms. The van der Waals surface area contributed by atoms with Crippen LogP contribution < -0.4 is 15.1 Å². The Morgan fingerprint density at radius 3 is 2.52 bits per heavy atom. The summed E-state index contributed by atoms with van der Waals surface area (Å²) in [6, 6.07) is 5.93. The third-order valence-electron chi connectivity index (χ3n) is 5.99. The Hall–Kier alpha value is -3.33. The van der Waals surface area contributed by atoms with Gasteiger partial charge in [0.1, 0.15) is 17.4 Å². The summed E-state index contributed by atoms with van der Waals surface area (Å²) in [4.78, 5) is 31.4. The van der Waals surface area contributed by atoms with Crippen LogP contribution in [0, 0.1) is 17.1 Å². The van der Waals surface area contributed by atoms with Crippen LogP contribution in [-0.4, -0.2) is 34.9 Å². The third-order valence-corrected chi connectivity index (χ3v) is 6.45. The van der Waals surface area contributed by atoms with Crippen molar-refractivity contribution in [2.75, 3.05) is 16.8 Å². The molecule has 2 aromatic rings. The zero-order valence-corrected chi connectivity index (χ0v) is 18.0. The van der Waals surface area contributed by atoms with Crippen molar-refractivity contribution < 1.29 is 27.2 Å². The number of nitrogens with zero attached hydrogens (tertiary/aromatic N) is 4. The predicted molar refractivity (Wildman–Crippen MR) is 113 cm³/mol. The Bertz CT molecular complexity index is 1190. The molecule has 12 heteroatoms. The molecule has 2 aliphatic rings. The minimum atomic E-state index is -4.85. The van der Waals surface area contributed by atoms with Gasteiger partial charge in [-0.25, -0.2) is 9.37 Å². The average molecular weight is 479 g/mol. The van der Waals surface area contributed by atoms with E-state index in [2.05, 4.69) is 22.9 Å². The molecule has 1 aliphatic carbocycles. The zero-order valence-electron chi connectivity index (χ0n) is 17.1. The number of hydrogen-bond donors (Lipinski definition) is 2. The topological polar surface area (TPSA) is 89.3 Å². The van der Waals surface area contributed by atoms with Gasteiger partial charge in [-0.05, 0) is 43.5 Å². The molecular formula is C21H17F4N5O2S. The molecule has 2 fully saturated rings. The van der Waals surface area contributed by atoms with Gasteiger partial charge in [0.25, 0.3) is 11.8 Å². The smallest absolute Gasteiger partial charge is 0.355 e. The predicted octanol–water partition coefficient (Wildman–Crippen LogP) is 3.46. The second-order valence-electron chi connectivity index (χ2n) is 7.72. The molecule has 2 heterocycles. The van der Waals surface area contributed by atoms with Crippen LogP contribution in [0.1, 0.15) is 40.9 Å². The summed E-state index contributed by atoms with van der Waals surface area (Å²) in [5, 5.41) is 11.3. The number of benzene rings is 1. The van der Waals surface area contributed by atoms with Gasteiger partial charge in [-0.1, -0.05) is 0 Å². The van der Waals surface area contributed by atoms with Crippen molar-refractivity contribution in [2.45, 2.75) is 36.5 Å². The highest BCUT2D eigenvalue weighted by Gasteiger charge is 2.60. The number of amides is 2. The Kier molecular flexibility index (Phi) is 5.48. The molecule has 172 valence electrons. The van der Waals surface area contributed by atoms with E-state index in [0.29, 0.717) is 25.3 Å². The first-order valence-electron chi connectivity index (χ1n) is 9.85. The highest BCUT2D eigenvalue weighted by Crippen LogP contribution is 2.50. The fourth-order valence-electron chi connectivity index (χ4n) is 4.23. The first-order chi connectivity index (χ1) is 15.5. The van der Waals surface area contributed by atoms with Gasteiger partial charge in [-0.3, -0.25) is 14.5 Å². The fourth-order valence-corrected chi connectivity index (χ4v) is 4.82. The van der Waals surface area contributed by atoms with E-state index in [1.165, 1.54) is 25.2 Å². The van der Waals surface area contributed by atoms with Crippen molar-refractivity contribution in [2.24, 2.45) is 0 Å². The van der Waals surface area contributed by atoms with Gasteiger partial charge in [0.15, 0.2) is 11.2 Å². The molecule has 4 rings (SSSR count). The summed E-state index contributed by atoms with van der Waals surface area (Å²) in [5.41, 5.74) is -4.36. The van der Waals surface area contributed by atoms with Crippen molar-refractivity contribution in [3.05, 3.63) is 53.1 Å². The van der Waals surface area contributed by atoms with E-state index in [-0.39, 0.29) is 16.9 Å². The van der Waals surface area contributed by atoms with Crippen molar-refractivity contribution >= 4 is 35.8 Å². The first kappa shape index (κ1) is 22.8. The number of nitriles is 1. The molecule has 1 saturated heterocycles. The van der Waals surface area contributed by atoms with Gasteiger partial charge in [-0.2, -0.15) is 18.4 Å². The summed E-state index contributed by atoms with van der Waals surface area (Å²) in [6.45, 7) is 0. The molecule has 0 radical (unpaired) electrons. The number of thiol groups is 1. The molecule has 2 amide bonds. The normalized spacial score (nSPS) is 19.4. The van der Waals surface area contributed by atoms with Crippen molar-refractivity contribution in [1.82, 2.24) is 10.3 Å². The maximum atomic E-state index is 14.7. The number of aromatic nitrogens is 1. The standard InChI is InChI=1S/C21H17F4N5O2S/c1-27-17(31)13-4-3-11(8-15(13)22)30-19(33)29(18(32)20(30)5-2-6-20)12-7-14(21(23,24)25)16(9-26)28-10-12/h3-4,7-8,10,19,33H,2,5-6H2,1H3,(H,27,31). The lowest BCUT2D eigenvalue weighted by Crippen LogP contribution is -2.55. The molecule has 1 atom stereocenters. The van der Waals surface area contributed by atoms with Crippen molar-refractivity contribution in [1.29, 1.82) is 5.26 Å². The lowest BCUT2D eigenvalue weighted by molar-refractivity contribution is -0.138. The van der Waals surface area contributed by atoms with Crippen LogP contribution in [0.2, 0.25) is 0 Å². The summed E-state index contributed by atoms with van der Waals surface area (Å²) in [5.74, 6) is -1.93. The number of pyridine rings is 1. The fraction of sp³-hybridized carbons (Fsp3) is 0.333. The molecule has 33 heavy (non-hydrogen) atoms. The number of alkyl halides is 3. The number of carbonyl (C=O) groups is 2. The van der Waals surface area contributed by atoms with E-state index in [0.717, 1.165) is 17.2 Å². The van der Waals surface area contributed by atoms with Crippen LogP contribution in [0.4, 0.5) is 28.9 Å². The van der Waals surface area contributed by atoms with E-state index in [1.807, 2.05) is 0 Å². The molecule has 1 aliphatic heterocycles. The van der Waals surface area contributed by atoms with E-state index >= 15 is 0 Å². The summed E-state index contributed by atoms with van der Waals surface area (Å²) in [7, 11) is 1.36. The third kappa shape index (κ3) is 3.47. The molecule has 1 spiro atoms. The number of nitrogens with one attached hydrogen (secondary N) is 1. The maximum Gasteiger partial charge on any atom is 0.419 e. The number of hydrogen-bond acceptors (Lipinski definition) is 6. The molecule has 1 saturated carbocycles. The van der Waals surface area contributed by atoms with Gasteiger partial charge >= 0.3 is 6.18 Å². The minimum Gasteiger partial charge on any atom is -0.355 e. The molecule has 1 aromatic carbocycles. The quantitative estimate of drug-likeness (QED) is 0.520. The number of halogens is 4. The first-order valence-corrected chi connectivity index (χ1v) is 10.4. The van der Waals surface area contributed by atoms with Gasteiger partial charge in [-0.15, -0.1) is 12.6 Å². The van der Waals surface area contributed by atoms with Crippen LogP contribution in [-0.2, 0) is 11.0 Å². The van der Waals surface area contributed by atoms with Gasteiger partial charge in [0, 0.05) is 12.7 Å². The lowest BCUT2D eigenvalue weighted by Gasteiger charge is -2.44. The molecule has 1 N–H and O–H groups in total. The summed E-state index contributed by atoms with van der Waals surface area (Å²) < 4.78 is 55.0. The molecular weight excluding hydrogens is 462 g/mol. The molecule has 1 aromatic heterocycles. The Balaban J connectivity index is 1.79. The maximum absolute atomic E-state index is 14.7. The molecule has 7 nitrogen and oxygen atoms in total. The SMILES string of the molecule is CNC(=O)c1ccc(N2C(S)N(c3cnc(C#N)c(C(F)(F)F)c3)C(=O)C23CCC3)cc1F. The largest absolute Gasteiger partial charge is 0.419 e. The second kappa shape index (κ2) is 7.91. The monoisotopic (exact) mass is 479 g/mol. The number of rotatable bonds is 3. The lowest BCUT2D eigenvalue weighted by atomic mass is 9.75. The molecule has 1 unspecified atom stereocenters. The second-order valence-corrected chi connectivity index (χ2v) is 8.18. The highest BCUT2D eigenvalue weighted by atomic mass is 32.1.